The van der Waals surface area contributed by atoms with Crippen LogP contribution in [0.4, 0.5) is 11.4 Å². The Morgan fingerprint density at radius 2 is 1.49 bits per heavy atom. The van der Waals surface area contributed by atoms with E-state index in [1.165, 1.54) is 48.8 Å². The van der Waals surface area contributed by atoms with Crippen LogP contribution in [-0.4, -0.2) is 9.13 Å². The van der Waals surface area contributed by atoms with Gasteiger partial charge in [0.25, 0.3) is 0 Å². The first-order valence-corrected chi connectivity index (χ1v) is 13.5. The summed E-state index contributed by atoms with van der Waals surface area (Å²) in [5, 5.41) is 9.96. The molecule has 0 spiro atoms. The van der Waals surface area contributed by atoms with Crippen LogP contribution in [0.3, 0.4) is 0 Å². The van der Waals surface area contributed by atoms with Crippen LogP contribution < -0.4 is 15.9 Å². The number of rotatable bonds is 4. The van der Waals surface area contributed by atoms with Gasteiger partial charge in [-0.3, -0.25) is 0 Å². The predicted molar refractivity (Wildman–Crippen MR) is 165 cm³/mol. The van der Waals surface area contributed by atoms with Crippen LogP contribution in [0.1, 0.15) is 12.5 Å². The average molecular weight is 502 g/mol. The van der Waals surface area contributed by atoms with Crippen molar-refractivity contribution in [3.63, 3.8) is 0 Å². The van der Waals surface area contributed by atoms with E-state index in [9.17, 15) is 0 Å². The summed E-state index contributed by atoms with van der Waals surface area (Å²) in [5.74, 6) is 0. The number of nitrogens with one attached hydrogen (secondary N) is 1. The maximum atomic E-state index is 3.99. The highest BCUT2D eigenvalue weighted by Gasteiger charge is 2.25. The molecule has 1 aliphatic heterocycles. The van der Waals surface area contributed by atoms with Crippen molar-refractivity contribution in [2.75, 3.05) is 5.32 Å². The normalized spacial score (nSPS) is 16.4. The van der Waals surface area contributed by atoms with Gasteiger partial charge < -0.3 is 14.5 Å². The molecule has 4 aromatic carbocycles. The third kappa shape index (κ3) is 3.30. The molecule has 0 saturated heterocycles. The van der Waals surface area contributed by atoms with Gasteiger partial charge in [-0.2, -0.15) is 0 Å². The molecule has 0 bridgehead atoms. The molecule has 0 saturated carbocycles. The van der Waals surface area contributed by atoms with Crippen molar-refractivity contribution in [2.24, 2.45) is 0 Å². The molecule has 0 radical (unpaired) electrons. The van der Waals surface area contributed by atoms with E-state index in [4.69, 9.17) is 0 Å². The highest BCUT2D eigenvalue weighted by molar-refractivity contribution is 6.09. The number of allylic oxidation sites excluding steroid dienone is 5. The number of nitrogens with zero attached hydrogens (tertiary/aromatic N) is 2. The summed E-state index contributed by atoms with van der Waals surface area (Å²) < 4.78 is 4.84. The summed E-state index contributed by atoms with van der Waals surface area (Å²) in [6.07, 6.45) is 14.1. The maximum absolute atomic E-state index is 3.99. The fourth-order valence-corrected chi connectivity index (χ4v) is 6.46. The van der Waals surface area contributed by atoms with Crippen molar-refractivity contribution >= 4 is 56.2 Å². The van der Waals surface area contributed by atoms with Gasteiger partial charge in [-0.05, 0) is 72.7 Å². The summed E-state index contributed by atoms with van der Waals surface area (Å²) in [6, 6.07) is 33.1. The minimum Gasteiger partial charge on any atom is -0.356 e. The van der Waals surface area contributed by atoms with Crippen molar-refractivity contribution in [1.29, 1.82) is 0 Å². The van der Waals surface area contributed by atoms with E-state index in [1.807, 2.05) is 6.08 Å². The summed E-state index contributed by atoms with van der Waals surface area (Å²) in [4.78, 5) is 0. The smallest absolute Gasteiger partial charge is 0.0627 e. The van der Waals surface area contributed by atoms with Crippen molar-refractivity contribution < 1.29 is 0 Å². The second kappa shape index (κ2) is 8.50. The van der Waals surface area contributed by atoms with Crippen LogP contribution in [0.5, 0.6) is 0 Å². The Hall–Kier alpha value is -5.02. The van der Waals surface area contributed by atoms with Crippen molar-refractivity contribution in [3.05, 3.63) is 138 Å². The molecule has 1 atom stereocenters. The number of hydrogen-bond acceptors (Lipinski definition) is 1. The van der Waals surface area contributed by atoms with E-state index in [0.717, 1.165) is 23.5 Å². The lowest BCUT2D eigenvalue weighted by Gasteiger charge is -2.18. The molecule has 39 heavy (non-hydrogen) atoms. The maximum Gasteiger partial charge on any atom is 0.0627 e. The molecule has 0 fully saturated rings. The molecule has 1 unspecified atom stereocenters. The van der Waals surface area contributed by atoms with Crippen LogP contribution >= 0.6 is 0 Å². The number of para-hydroxylation sites is 2. The van der Waals surface area contributed by atoms with Crippen LogP contribution in [0, 0.1) is 0 Å². The molecule has 2 aliphatic rings. The first-order valence-electron chi connectivity index (χ1n) is 13.5. The van der Waals surface area contributed by atoms with Crippen molar-refractivity contribution in [2.45, 2.75) is 12.5 Å². The minimum absolute atomic E-state index is 0.381. The zero-order valence-electron chi connectivity index (χ0n) is 21.5. The molecular weight excluding hydrogens is 474 g/mol. The van der Waals surface area contributed by atoms with Crippen molar-refractivity contribution in [3.8, 4) is 5.69 Å². The molecule has 186 valence electrons. The second-order valence-corrected chi connectivity index (χ2v) is 10.3. The van der Waals surface area contributed by atoms with Crippen LogP contribution in [0.25, 0.3) is 50.5 Å². The molecule has 3 heterocycles. The topological polar surface area (TPSA) is 21.9 Å². The number of hydrogen-bond donors (Lipinski definition) is 1. The first kappa shape index (κ1) is 22.0. The van der Waals surface area contributed by atoms with Gasteiger partial charge in [0, 0.05) is 44.0 Å². The Morgan fingerprint density at radius 1 is 0.769 bits per heavy atom. The molecule has 1 aliphatic carbocycles. The lowest BCUT2D eigenvalue weighted by Crippen LogP contribution is -2.26. The van der Waals surface area contributed by atoms with E-state index >= 15 is 0 Å². The van der Waals surface area contributed by atoms with Gasteiger partial charge in [0.2, 0.25) is 0 Å². The third-order valence-electron chi connectivity index (χ3n) is 8.14. The molecule has 0 amide bonds. The van der Waals surface area contributed by atoms with Gasteiger partial charge >= 0.3 is 0 Å². The van der Waals surface area contributed by atoms with E-state index in [1.54, 1.807) is 0 Å². The second-order valence-electron chi connectivity index (χ2n) is 10.3. The lowest BCUT2D eigenvalue weighted by atomic mass is 10.00. The van der Waals surface area contributed by atoms with E-state index in [2.05, 4.69) is 142 Å². The SMILES string of the molecule is C=C/C=c1\c2n(c3ccc(Nc4ccc(-n5c6ccccc6c6ccccc65)cc4)cc13)C1CC=CC=C1C=2. The van der Waals surface area contributed by atoms with Crippen LogP contribution in [0.15, 0.2) is 127 Å². The summed E-state index contributed by atoms with van der Waals surface area (Å²) in [5.41, 5.74) is 8.40. The van der Waals surface area contributed by atoms with Gasteiger partial charge in [0.05, 0.1) is 22.4 Å². The quantitative estimate of drug-likeness (QED) is 0.263. The molecule has 3 nitrogen and oxygen atoms in total. The first-order chi connectivity index (χ1) is 19.3. The molecular formula is C36H27N3. The third-order valence-corrected chi connectivity index (χ3v) is 8.14. The largest absolute Gasteiger partial charge is 0.356 e. The molecule has 2 aromatic heterocycles. The number of anilines is 2. The van der Waals surface area contributed by atoms with Crippen LogP contribution in [-0.2, 0) is 0 Å². The van der Waals surface area contributed by atoms with E-state index in [0.29, 0.717) is 6.04 Å². The Bertz CT molecular complexity index is 2080. The number of benzene rings is 4. The average Bonchev–Trinajstić information content (AvgIpc) is 3.61. The molecule has 1 N–H and O–H groups in total. The van der Waals surface area contributed by atoms with Gasteiger partial charge in [0.15, 0.2) is 0 Å². The Morgan fingerprint density at radius 3 is 2.23 bits per heavy atom. The minimum atomic E-state index is 0.381. The van der Waals surface area contributed by atoms with E-state index < -0.39 is 0 Å². The Kier molecular flexibility index (Phi) is 4.80. The number of fused-ring (bicyclic) bond motifs is 8. The summed E-state index contributed by atoms with van der Waals surface area (Å²) in [6.45, 7) is 3.99. The zero-order valence-corrected chi connectivity index (χ0v) is 21.5. The number of aromatic nitrogens is 2. The van der Waals surface area contributed by atoms with E-state index in [-0.39, 0.29) is 0 Å². The standard InChI is InChI=1S/C36H27N3/c1-2-9-28-31-23-26(18-21-35(31)39-32-13-6-3-10-24(32)22-36(28)39)37-25-16-19-27(20-17-25)38-33-14-7-4-11-29(33)30-12-5-8-15-34(30)38/h2-12,14-23,32,37H,1,13H2/b28-9-. The summed E-state index contributed by atoms with van der Waals surface area (Å²) in [7, 11) is 0. The fourth-order valence-electron chi connectivity index (χ4n) is 6.46. The predicted octanol–water partition coefficient (Wildman–Crippen LogP) is 7.67. The van der Waals surface area contributed by atoms with Gasteiger partial charge in [-0.15, -0.1) is 0 Å². The monoisotopic (exact) mass is 501 g/mol. The highest BCUT2D eigenvalue weighted by Crippen LogP contribution is 2.34. The Balaban J connectivity index is 1.18. The Labute approximate surface area is 226 Å². The van der Waals surface area contributed by atoms with Gasteiger partial charge in [-0.25, -0.2) is 0 Å². The lowest BCUT2D eigenvalue weighted by molar-refractivity contribution is 0.618. The van der Waals surface area contributed by atoms with Gasteiger partial charge in [-0.1, -0.05) is 73.4 Å². The highest BCUT2D eigenvalue weighted by atomic mass is 15.0. The molecule has 8 rings (SSSR count). The van der Waals surface area contributed by atoms with Gasteiger partial charge in [0.1, 0.15) is 0 Å². The zero-order chi connectivity index (χ0) is 25.9. The fraction of sp³-hybridized carbons (Fsp3) is 0.0556. The van der Waals surface area contributed by atoms with Crippen molar-refractivity contribution in [1.82, 2.24) is 9.13 Å². The van der Waals surface area contributed by atoms with Crippen LogP contribution in [0.2, 0.25) is 0 Å². The molecule has 3 heteroatoms. The summed E-state index contributed by atoms with van der Waals surface area (Å²) >= 11 is 0. The molecule has 6 aromatic rings.